The molecule has 3 nitrogen and oxygen atoms in total. The smallest absolute Gasteiger partial charge is 0.160 e. The Morgan fingerprint density at radius 3 is 2.56 bits per heavy atom. The van der Waals surface area contributed by atoms with Crippen molar-refractivity contribution in [2.24, 2.45) is 0 Å². The number of aldehydes is 1. The molecule has 0 saturated heterocycles. The van der Waals surface area contributed by atoms with Gasteiger partial charge in [0, 0.05) is 13.1 Å². The summed E-state index contributed by atoms with van der Waals surface area (Å²) in [6.07, 6.45) is 0.855. The van der Waals surface area contributed by atoms with Gasteiger partial charge in [-0.3, -0.25) is 4.79 Å². The van der Waals surface area contributed by atoms with Crippen LogP contribution in [0, 0.1) is 0 Å². The Bertz CT molecular complexity index is 496. The molecule has 0 fully saturated rings. The van der Waals surface area contributed by atoms with Gasteiger partial charge in [0.05, 0.1) is 16.5 Å². The molecular formula is C14H15NO2S. The van der Waals surface area contributed by atoms with E-state index in [1.54, 1.807) is 0 Å². The first-order valence-corrected chi connectivity index (χ1v) is 6.60. The summed E-state index contributed by atoms with van der Waals surface area (Å²) in [7, 11) is 0. The molecule has 1 aromatic heterocycles. The normalized spacial score (nSPS) is 10.3. The largest absolute Gasteiger partial charge is 0.395 e. The standard InChI is InChI=1S/C14H15NO2S/c16-9-8-15(10-12-4-2-1-3-5-12)14-7-6-13(11-17)18-14/h1-7,11,16H,8-10H2. The number of benzene rings is 1. The molecule has 0 aliphatic rings. The highest BCUT2D eigenvalue weighted by Crippen LogP contribution is 2.26. The lowest BCUT2D eigenvalue weighted by molar-refractivity contribution is 0.112. The molecule has 1 N–H and O–H groups in total. The van der Waals surface area contributed by atoms with Crippen LogP contribution in [0.2, 0.25) is 0 Å². The van der Waals surface area contributed by atoms with E-state index >= 15 is 0 Å². The van der Waals surface area contributed by atoms with Crippen LogP contribution in [0.5, 0.6) is 0 Å². The Balaban J connectivity index is 2.15. The second kappa shape index (κ2) is 6.33. The van der Waals surface area contributed by atoms with Gasteiger partial charge < -0.3 is 10.0 Å². The lowest BCUT2D eigenvalue weighted by atomic mass is 10.2. The monoisotopic (exact) mass is 261 g/mol. The fourth-order valence-electron chi connectivity index (χ4n) is 1.77. The summed E-state index contributed by atoms with van der Waals surface area (Å²) in [5, 5.41) is 10.1. The van der Waals surface area contributed by atoms with Gasteiger partial charge in [0.2, 0.25) is 0 Å². The predicted octanol–water partition coefficient (Wildman–Crippen LogP) is 2.56. The van der Waals surface area contributed by atoms with Gasteiger partial charge in [-0.15, -0.1) is 11.3 Å². The summed E-state index contributed by atoms with van der Waals surface area (Å²) in [4.78, 5) is 13.5. The number of carbonyl (C=O) groups is 1. The molecule has 0 aliphatic carbocycles. The van der Waals surface area contributed by atoms with Gasteiger partial charge in [0.1, 0.15) is 0 Å². The number of carbonyl (C=O) groups excluding carboxylic acids is 1. The van der Waals surface area contributed by atoms with E-state index in [0.717, 1.165) is 17.8 Å². The highest BCUT2D eigenvalue weighted by atomic mass is 32.1. The first-order valence-electron chi connectivity index (χ1n) is 5.78. The molecule has 0 amide bonds. The number of hydrogen-bond acceptors (Lipinski definition) is 4. The topological polar surface area (TPSA) is 40.5 Å². The third-order valence-electron chi connectivity index (χ3n) is 2.63. The second-order valence-corrected chi connectivity index (χ2v) is 5.02. The van der Waals surface area contributed by atoms with Crippen LogP contribution in [0.4, 0.5) is 5.00 Å². The second-order valence-electron chi connectivity index (χ2n) is 3.92. The first-order chi connectivity index (χ1) is 8.83. The Morgan fingerprint density at radius 1 is 1.17 bits per heavy atom. The number of hydrogen-bond donors (Lipinski definition) is 1. The Hall–Kier alpha value is -1.65. The van der Waals surface area contributed by atoms with E-state index in [1.165, 1.54) is 16.9 Å². The van der Waals surface area contributed by atoms with Gasteiger partial charge in [-0.2, -0.15) is 0 Å². The van der Waals surface area contributed by atoms with Gasteiger partial charge in [0.15, 0.2) is 6.29 Å². The van der Waals surface area contributed by atoms with Crippen molar-refractivity contribution in [3.63, 3.8) is 0 Å². The zero-order valence-corrected chi connectivity index (χ0v) is 10.8. The molecule has 0 unspecified atom stereocenters. The molecule has 0 bridgehead atoms. The molecule has 2 aromatic rings. The highest BCUT2D eigenvalue weighted by molar-refractivity contribution is 7.17. The molecule has 18 heavy (non-hydrogen) atoms. The van der Waals surface area contributed by atoms with Gasteiger partial charge in [-0.25, -0.2) is 0 Å². The van der Waals surface area contributed by atoms with Gasteiger partial charge in [-0.05, 0) is 17.7 Å². The number of aliphatic hydroxyl groups excluding tert-OH is 1. The third kappa shape index (κ3) is 3.18. The molecule has 0 saturated carbocycles. The number of thiophene rings is 1. The van der Waals surface area contributed by atoms with E-state index in [2.05, 4.69) is 17.0 Å². The summed E-state index contributed by atoms with van der Waals surface area (Å²) in [6, 6.07) is 13.8. The van der Waals surface area contributed by atoms with Crippen molar-refractivity contribution in [2.45, 2.75) is 6.54 Å². The lowest BCUT2D eigenvalue weighted by Crippen LogP contribution is -2.25. The maximum absolute atomic E-state index is 10.7. The average Bonchev–Trinajstić information content (AvgIpc) is 2.88. The molecule has 0 spiro atoms. The minimum atomic E-state index is 0.0984. The van der Waals surface area contributed by atoms with Crippen LogP contribution >= 0.6 is 11.3 Å². The van der Waals surface area contributed by atoms with Crippen molar-refractivity contribution in [3.05, 3.63) is 52.9 Å². The summed E-state index contributed by atoms with van der Waals surface area (Å²) in [6.45, 7) is 1.40. The zero-order valence-electron chi connectivity index (χ0n) is 9.95. The molecule has 0 aliphatic heterocycles. The summed E-state index contributed by atoms with van der Waals surface area (Å²) in [5.41, 5.74) is 1.19. The van der Waals surface area contributed by atoms with Crippen LogP contribution in [0.3, 0.4) is 0 Å². The summed E-state index contributed by atoms with van der Waals surface area (Å²) in [5.74, 6) is 0. The SMILES string of the molecule is O=Cc1ccc(N(CCO)Cc2ccccc2)s1. The van der Waals surface area contributed by atoms with E-state index < -0.39 is 0 Å². The number of aliphatic hydroxyl groups is 1. The van der Waals surface area contributed by atoms with Crippen LogP contribution < -0.4 is 4.90 Å². The van der Waals surface area contributed by atoms with Crippen molar-refractivity contribution >= 4 is 22.6 Å². The minimum absolute atomic E-state index is 0.0984. The number of nitrogens with zero attached hydrogens (tertiary/aromatic N) is 1. The number of rotatable bonds is 6. The van der Waals surface area contributed by atoms with E-state index in [4.69, 9.17) is 5.11 Å². The maximum Gasteiger partial charge on any atom is 0.160 e. The zero-order chi connectivity index (χ0) is 12.8. The van der Waals surface area contributed by atoms with E-state index in [1.807, 2.05) is 30.3 Å². The van der Waals surface area contributed by atoms with Crippen LogP contribution in [-0.4, -0.2) is 24.5 Å². The summed E-state index contributed by atoms with van der Waals surface area (Å²) < 4.78 is 0. The first kappa shape index (κ1) is 12.8. The van der Waals surface area contributed by atoms with Crippen LogP contribution in [-0.2, 0) is 6.54 Å². The van der Waals surface area contributed by atoms with Crippen molar-refractivity contribution in [1.29, 1.82) is 0 Å². The molecule has 1 aromatic carbocycles. The van der Waals surface area contributed by atoms with Crippen molar-refractivity contribution in [2.75, 3.05) is 18.1 Å². The van der Waals surface area contributed by atoms with Crippen molar-refractivity contribution < 1.29 is 9.90 Å². The Kier molecular flexibility index (Phi) is 4.50. The average molecular weight is 261 g/mol. The predicted molar refractivity (Wildman–Crippen MR) is 74.3 cm³/mol. The molecule has 1 heterocycles. The molecule has 2 rings (SSSR count). The third-order valence-corrected chi connectivity index (χ3v) is 3.70. The fourth-order valence-corrected chi connectivity index (χ4v) is 2.61. The molecule has 4 heteroatoms. The van der Waals surface area contributed by atoms with Crippen molar-refractivity contribution in [1.82, 2.24) is 0 Å². The maximum atomic E-state index is 10.7. The van der Waals surface area contributed by atoms with E-state index in [9.17, 15) is 4.79 Å². The molecule has 0 radical (unpaired) electrons. The molecule has 94 valence electrons. The van der Waals surface area contributed by atoms with E-state index in [0.29, 0.717) is 11.4 Å². The van der Waals surface area contributed by atoms with Gasteiger partial charge in [0.25, 0.3) is 0 Å². The highest BCUT2D eigenvalue weighted by Gasteiger charge is 2.09. The Morgan fingerprint density at radius 2 is 1.94 bits per heavy atom. The number of anilines is 1. The minimum Gasteiger partial charge on any atom is -0.395 e. The summed E-state index contributed by atoms with van der Waals surface area (Å²) >= 11 is 1.45. The van der Waals surface area contributed by atoms with Crippen LogP contribution in [0.25, 0.3) is 0 Å². The van der Waals surface area contributed by atoms with Gasteiger partial charge >= 0.3 is 0 Å². The van der Waals surface area contributed by atoms with E-state index in [-0.39, 0.29) is 6.61 Å². The van der Waals surface area contributed by atoms with Crippen LogP contribution in [0.15, 0.2) is 42.5 Å². The Labute approximate surface area is 110 Å². The van der Waals surface area contributed by atoms with Crippen molar-refractivity contribution in [3.8, 4) is 0 Å². The molecular weight excluding hydrogens is 246 g/mol. The quantitative estimate of drug-likeness (QED) is 0.812. The van der Waals surface area contributed by atoms with Gasteiger partial charge in [-0.1, -0.05) is 30.3 Å². The molecule has 0 atom stereocenters. The fraction of sp³-hybridized carbons (Fsp3) is 0.214. The van der Waals surface area contributed by atoms with Crippen LogP contribution in [0.1, 0.15) is 15.2 Å². The lowest BCUT2D eigenvalue weighted by Gasteiger charge is -2.22.